The van der Waals surface area contributed by atoms with Crippen molar-refractivity contribution in [3.8, 4) is 5.75 Å². The van der Waals surface area contributed by atoms with Gasteiger partial charge in [0.25, 0.3) is 5.69 Å². The molecule has 2 aromatic rings. The number of hydrogen-bond donors (Lipinski definition) is 0. The molecule has 0 aliphatic carbocycles. The summed E-state index contributed by atoms with van der Waals surface area (Å²) in [6.45, 7) is -0.196. The molecule has 4 nitrogen and oxygen atoms in total. The Morgan fingerprint density at radius 1 is 1.15 bits per heavy atom. The maximum atomic E-state index is 13.1. The Hall–Kier alpha value is -2.02. The molecule has 2 aromatic carbocycles. The van der Waals surface area contributed by atoms with Gasteiger partial charge in [0, 0.05) is 6.07 Å². The number of nitro benzene ring substituents is 1. The maximum absolute atomic E-state index is 13.1. The van der Waals surface area contributed by atoms with Gasteiger partial charge >= 0.3 is 0 Å². The predicted molar refractivity (Wildman–Crippen MR) is 71.5 cm³/mol. The zero-order valence-corrected chi connectivity index (χ0v) is 11.6. The van der Waals surface area contributed by atoms with Gasteiger partial charge in [0.05, 0.1) is 15.0 Å². The van der Waals surface area contributed by atoms with Crippen LogP contribution in [0.2, 0.25) is 0 Å². The first-order chi connectivity index (χ1) is 9.47. The first-order valence-electron chi connectivity index (χ1n) is 5.48. The molecule has 104 valence electrons. The highest BCUT2D eigenvalue weighted by atomic mass is 79.9. The fourth-order valence-electron chi connectivity index (χ4n) is 1.60. The van der Waals surface area contributed by atoms with Crippen LogP contribution in [-0.2, 0) is 6.61 Å². The molecule has 0 atom stereocenters. The molecule has 7 heteroatoms. The van der Waals surface area contributed by atoms with Crippen molar-refractivity contribution in [3.05, 3.63) is 68.2 Å². The van der Waals surface area contributed by atoms with Crippen LogP contribution in [0.25, 0.3) is 0 Å². The van der Waals surface area contributed by atoms with Crippen LogP contribution in [0, 0.1) is 21.7 Å². The van der Waals surface area contributed by atoms with Crippen LogP contribution in [0.1, 0.15) is 5.56 Å². The maximum Gasteiger partial charge on any atom is 0.276 e. The summed E-state index contributed by atoms with van der Waals surface area (Å²) in [5, 5.41) is 10.8. The number of nitrogens with zero attached hydrogens (tertiary/aromatic N) is 1. The van der Waals surface area contributed by atoms with Gasteiger partial charge in [-0.2, -0.15) is 0 Å². The van der Waals surface area contributed by atoms with E-state index in [9.17, 15) is 18.9 Å². The fraction of sp³-hybridized carbons (Fsp3) is 0.0769. The zero-order chi connectivity index (χ0) is 14.7. The second-order valence-corrected chi connectivity index (χ2v) is 4.75. The van der Waals surface area contributed by atoms with Crippen LogP contribution in [0.5, 0.6) is 5.75 Å². The van der Waals surface area contributed by atoms with Crippen molar-refractivity contribution >= 4 is 21.6 Å². The average Bonchev–Trinajstić information content (AvgIpc) is 2.37. The largest absolute Gasteiger partial charge is 0.487 e. The van der Waals surface area contributed by atoms with Crippen molar-refractivity contribution in [2.24, 2.45) is 0 Å². The van der Waals surface area contributed by atoms with Crippen LogP contribution in [0.4, 0.5) is 14.5 Å². The normalized spacial score (nSPS) is 10.3. The second-order valence-electron chi connectivity index (χ2n) is 3.89. The van der Waals surface area contributed by atoms with Crippen LogP contribution in [0.3, 0.4) is 0 Å². The summed E-state index contributed by atoms with van der Waals surface area (Å²) in [7, 11) is 0. The van der Waals surface area contributed by atoms with Gasteiger partial charge in [0.2, 0.25) is 0 Å². The van der Waals surface area contributed by atoms with Gasteiger partial charge in [-0.1, -0.05) is 0 Å². The van der Waals surface area contributed by atoms with Crippen molar-refractivity contribution in [2.45, 2.75) is 6.61 Å². The Morgan fingerprint density at radius 3 is 2.45 bits per heavy atom. The lowest BCUT2D eigenvalue weighted by molar-refractivity contribution is -0.385. The molecule has 0 saturated heterocycles. The van der Waals surface area contributed by atoms with Crippen LogP contribution < -0.4 is 4.74 Å². The van der Waals surface area contributed by atoms with Crippen molar-refractivity contribution in [3.63, 3.8) is 0 Å². The fourth-order valence-corrected chi connectivity index (χ4v) is 2.06. The highest BCUT2D eigenvalue weighted by molar-refractivity contribution is 9.10. The summed E-state index contributed by atoms with van der Waals surface area (Å²) in [4.78, 5) is 10.2. The topological polar surface area (TPSA) is 52.4 Å². The first-order valence-corrected chi connectivity index (χ1v) is 6.27. The molecule has 0 N–H and O–H groups in total. The van der Waals surface area contributed by atoms with Crippen molar-refractivity contribution < 1.29 is 18.4 Å². The molecular weight excluding hydrogens is 336 g/mol. The number of hydrogen-bond acceptors (Lipinski definition) is 3. The summed E-state index contributed by atoms with van der Waals surface area (Å²) >= 11 is 3.11. The van der Waals surface area contributed by atoms with E-state index < -0.39 is 16.6 Å². The number of ether oxygens (including phenoxy) is 1. The minimum absolute atomic E-state index is 0.103. The molecule has 0 fully saturated rings. The third-order valence-electron chi connectivity index (χ3n) is 2.52. The van der Waals surface area contributed by atoms with E-state index in [0.717, 1.165) is 18.2 Å². The van der Waals surface area contributed by atoms with E-state index in [4.69, 9.17) is 4.74 Å². The summed E-state index contributed by atoms with van der Waals surface area (Å²) in [6, 6.07) is 6.90. The minimum atomic E-state index is -0.613. The SMILES string of the molecule is O=[N+]([O-])c1ccc(F)cc1COc1ccc(F)cc1Br. The second kappa shape index (κ2) is 5.96. The molecule has 0 unspecified atom stereocenters. The number of rotatable bonds is 4. The quantitative estimate of drug-likeness (QED) is 0.617. The predicted octanol–water partition coefficient (Wildman–Crippen LogP) is 4.21. The summed E-state index contributed by atoms with van der Waals surface area (Å²) < 4.78 is 31.8. The average molecular weight is 344 g/mol. The van der Waals surface area contributed by atoms with Gasteiger partial charge in [0.15, 0.2) is 0 Å². The lowest BCUT2D eigenvalue weighted by atomic mass is 10.2. The van der Waals surface area contributed by atoms with Gasteiger partial charge in [-0.3, -0.25) is 10.1 Å². The van der Waals surface area contributed by atoms with Crippen LogP contribution >= 0.6 is 15.9 Å². The molecule has 0 aromatic heterocycles. The molecule has 0 bridgehead atoms. The van der Waals surface area contributed by atoms with E-state index in [0.29, 0.717) is 10.2 Å². The van der Waals surface area contributed by atoms with Gasteiger partial charge in [-0.25, -0.2) is 8.78 Å². The Balaban J connectivity index is 2.22. The molecule has 2 rings (SSSR count). The molecule has 0 saturated carbocycles. The third-order valence-corrected chi connectivity index (χ3v) is 3.14. The monoisotopic (exact) mass is 343 g/mol. The Bertz CT molecular complexity index is 664. The molecule has 0 aliphatic rings. The van der Waals surface area contributed by atoms with Gasteiger partial charge in [0.1, 0.15) is 24.0 Å². The van der Waals surface area contributed by atoms with Crippen molar-refractivity contribution in [1.82, 2.24) is 0 Å². The Morgan fingerprint density at radius 2 is 1.80 bits per heavy atom. The number of benzene rings is 2. The van der Waals surface area contributed by atoms with E-state index >= 15 is 0 Å². The number of halogens is 3. The zero-order valence-electron chi connectivity index (χ0n) is 9.98. The summed E-state index contributed by atoms with van der Waals surface area (Å²) in [6.07, 6.45) is 0. The van der Waals surface area contributed by atoms with Gasteiger partial charge in [-0.15, -0.1) is 0 Å². The van der Waals surface area contributed by atoms with Gasteiger partial charge in [-0.05, 0) is 46.3 Å². The molecule has 0 aliphatic heterocycles. The molecule has 0 amide bonds. The first kappa shape index (κ1) is 14.4. The van der Waals surface area contributed by atoms with Crippen molar-refractivity contribution in [1.29, 1.82) is 0 Å². The smallest absolute Gasteiger partial charge is 0.276 e. The lowest BCUT2D eigenvalue weighted by Gasteiger charge is -2.08. The molecule has 0 radical (unpaired) electrons. The Labute approximate surface area is 121 Å². The summed E-state index contributed by atoms with van der Waals surface area (Å²) in [5.74, 6) is -0.724. The minimum Gasteiger partial charge on any atom is -0.487 e. The van der Waals surface area contributed by atoms with Crippen LogP contribution in [0.15, 0.2) is 40.9 Å². The Kier molecular flexibility index (Phi) is 4.29. The highest BCUT2D eigenvalue weighted by Crippen LogP contribution is 2.28. The van der Waals surface area contributed by atoms with E-state index in [1.54, 1.807) is 0 Å². The third kappa shape index (κ3) is 3.30. The molecular formula is C13H8BrF2NO3. The summed E-state index contributed by atoms with van der Waals surface area (Å²) in [5.41, 5.74) is -0.129. The molecule has 0 heterocycles. The van der Waals surface area contributed by atoms with Crippen molar-refractivity contribution in [2.75, 3.05) is 0 Å². The van der Waals surface area contributed by atoms with Gasteiger partial charge < -0.3 is 4.74 Å². The number of nitro groups is 1. The standard InChI is InChI=1S/C13H8BrF2NO3/c14-11-6-10(16)2-4-13(11)20-7-8-5-9(15)1-3-12(8)17(18)19/h1-6H,7H2. The van der Waals surface area contributed by atoms with E-state index in [2.05, 4.69) is 15.9 Å². The van der Waals surface area contributed by atoms with E-state index in [1.807, 2.05) is 0 Å². The van der Waals surface area contributed by atoms with Crippen LogP contribution in [-0.4, -0.2) is 4.92 Å². The highest BCUT2D eigenvalue weighted by Gasteiger charge is 2.15. The lowest BCUT2D eigenvalue weighted by Crippen LogP contribution is -2.01. The van der Waals surface area contributed by atoms with E-state index in [1.165, 1.54) is 18.2 Å². The molecule has 0 spiro atoms. The molecule has 20 heavy (non-hydrogen) atoms. The van der Waals surface area contributed by atoms with E-state index in [-0.39, 0.29) is 17.9 Å².